The minimum absolute atomic E-state index is 0.148. The van der Waals surface area contributed by atoms with Crippen LogP contribution in [0.3, 0.4) is 0 Å². The fourth-order valence-corrected chi connectivity index (χ4v) is 3.24. The highest BCUT2D eigenvalue weighted by atomic mass is 32.2. The van der Waals surface area contributed by atoms with E-state index in [0.717, 1.165) is 5.39 Å². The molecule has 2 rings (SSSR count). The second kappa shape index (κ2) is 5.39. The lowest BCUT2D eigenvalue weighted by atomic mass is 10.2. The Bertz CT molecular complexity index is 605. The fraction of sp³-hybridized carbons (Fsp3) is 0.467. The lowest BCUT2D eigenvalue weighted by molar-refractivity contribution is 0.338. The van der Waals surface area contributed by atoms with Crippen LogP contribution >= 0.6 is 0 Å². The van der Waals surface area contributed by atoms with Gasteiger partial charge in [0, 0.05) is 29.9 Å². The van der Waals surface area contributed by atoms with Crippen LogP contribution in [0.4, 0.5) is 4.39 Å². The van der Waals surface area contributed by atoms with Crippen molar-refractivity contribution in [3.05, 3.63) is 35.8 Å². The molecule has 110 valence electrons. The highest BCUT2D eigenvalue weighted by Gasteiger charge is 2.35. The molecular weight excluding hydrogens is 277 g/mol. The van der Waals surface area contributed by atoms with Gasteiger partial charge in [-0.25, -0.2) is 4.39 Å². The van der Waals surface area contributed by atoms with Gasteiger partial charge < -0.3 is 8.97 Å². The Kier molecular flexibility index (Phi) is 4.14. The Morgan fingerprint density at radius 2 is 1.95 bits per heavy atom. The molecule has 1 aromatic heterocycles. The molecule has 2 aromatic rings. The van der Waals surface area contributed by atoms with Crippen molar-refractivity contribution < 1.29 is 13.4 Å². The summed E-state index contributed by atoms with van der Waals surface area (Å²) in [4.78, 5) is 0. The summed E-state index contributed by atoms with van der Waals surface area (Å²) in [6.07, 6.45) is 0. The van der Waals surface area contributed by atoms with E-state index in [9.17, 15) is 8.94 Å². The summed E-state index contributed by atoms with van der Waals surface area (Å²) in [5.41, 5.74) is 0.516. The van der Waals surface area contributed by atoms with E-state index in [1.165, 1.54) is 12.1 Å². The first-order valence-electron chi connectivity index (χ1n) is 6.54. The first-order chi connectivity index (χ1) is 9.20. The first kappa shape index (κ1) is 15.4. The second-order valence-electron chi connectivity index (χ2n) is 5.91. The molecule has 0 saturated heterocycles. The minimum atomic E-state index is -1.14. The molecule has 0 aliphatic heterocycles. The fourth-order valence-electron chi connectivity index (χ4n) is 1.99. The van der Waals surface area contributed by atoms with E-state index < -0.39 is 11.4 Å². The number of rotatable bonds is 3. The zero-order valence-electron chi connectivity index (χ0n) is 12.4. The number of benzene rings is 1. The van der Waals surface area contributed by atoms with Gasteiger partial charge in [0.05, 0.1) is 0 Å². The van der Waals surface area contributed by atoms with Crippen LogP contribution in [-0.4, -0.2) is 20.7 Å². The maximum Gasteiger partial charge on any atom is 0.137 e. The third-order valence-corrected chi connectivity index (χ3v) is 5.13. The largest absolute Gasteiger partial charge is 0.597 e. The number of halogens is 1. The molecule has 0 N–H and O–H groups in total. The summed E-state index contributed by atoms with van der Waals surface area (Å²) in [5, 5.41) is 0.850. The molecule has 5 heteroatoms. The van der Waals surface area contributed by atoms with Gasteiger partial charge in [0.25, 0.3) is 0 Å². The molecule has 0 aliphatic rings. The molecule has 0 amide bonds. The Labute approximate surface area is 122 Å². The van der Waals surface area contributed by atoms with Gasteiger partial charge in [-0.3, -0.25) is 0 Å². The smallest absolute Gasteiger partial charge is 0.137 e. The first-order valence-corrected chi connectivity index (χ1v) is 7.64. The highest BCUT2D eigenvalue weighted by molar-refractivity contribution is 7.90. The molecule has 1 unspecified atom stereocenters. The second-order valence-corrected chi connectivity index (χ2v) is 8.21. The van der Waals surface area contributed by atoms with E-state index in [-0.39, 0.29) is 16.6 Å². The number of fused-ring (bicyclic) bond motifs is 1. The maximum atomic E-state index is 13.2. The minimum Gasteiger partial charge on any atom is -0.597 e. The van der Waals surface area contributed by atoms with Crippen LogP contribution in [-0.2, 0) is 11.4 Å². The monoisotopic (exact) mass is 297 g/mol. The van der Waals surface area contributed by atoms with Gasteiger partial charge >= 0.3 is 0 Å². The van der Waals surface area contributed by atoms with Crippen LogP contribution in [0.25, 0.3) is 11.0 Å². The Morgan fingerprint density at radius 3 is 2.55 bits per heavy atom. The molecule has 1 aromatic carbocycles. The van der Waals surface area contributed by atoms with Crippen molar-refractivity contribution in [2.24, 2.45) is 0 Å². The lowest BCUT2D eigenvalue weighted by Crippen LogP contribution is -2.41. The summed E-state index contributed by atoms with van der Waals surface area (Å²) in [6, 6.07) is 6.18. The van der Waals surface area contributed by atoms with Crippen LogP contribution in [0.15, 0.2) is 28.7 Å². The third-order valence-electron chi connectivity index (χ3n) is 3.24. The van der Waals surface area contributed by atoms with Crippen LogP contribution in [0.2, 0.25) is 0 Å². The Balaban J connectivity index is 2.29. The number of nitrogens with zero attached hydrogens (tertiary/aromatic N) is 1. The molecule has 2 atom stereocenters. The topological polar surface area (TPSA) is 39.4 Å². The van der Waals surface area contributed by atoms with Crippen molar-refractivity contribution in [2.75, 3.05) is 7.05 Å². The van der Waals surface area contributed by atoms with E-state index >= 15 is 0 Å². The van der Waals surface area contributed by atoms with Gasteiger partial charge in [0.1, 0.15) is 27.9 Å². The van der Waals surface area contributed by atoms with E-state index in [1.54, 1.807) is 17.4 Å². The lowest BCUT2D eigenvalue weighted by Gasteiger charge is -2.32. The van der Waals surface area contributed by atoms with Gasteiger partial charge in [-0.1, -0.05) is 0 Å². The highest BCUT2D eigenvalue weighted by Crippen LogP contribution is 2.31. The standard InChI is InChI=1S/C15H20FNO2S/c1-10(17(5)20(18)15(2,3)4)13-8-11-6-7-12(16)9-14(11)19-13/h6-10H,1-5H3/t10-,20?/m1/s1. The summed E-state index contributed by atoms with van der Waals surface area (Å²) in [7, 11) is 1.81. The molecule has 0 radical (unpaired) electrons. The molecule has 0 aliphatic carbocycles. The molecule has 0 fully saturated rings. The molecule has 1 heterocycles. The van der Waals surface area contributed by atoms with Gasteiger partial charge in [-0.05, 0) is 45.9 Å². The van der Waals surface area contributed by atoms with Crippen LogP contribution in [0, 0.1) is 5.82 Å². The van der Waals surface area contributed by atoms with Crippen LogP contribution in [0.1, 0.15) is 39.5 Å². The van der Waals surface area contributed by atoms with Crippen molar-refractivity contribution in [1.29, 1.82) is 0 Å². The summed E-state index contributed by atoms with van der Waals surface area (Å²) < 4.78 is 32.7. The van der Waals surface area contributed by atoms with Crippen molar-refractivity contribution in [3.63, 3.8) is 0 Å². The molecular formula is C15H20FNO2S. The molecule has 0 spiro atoms. The zero-order valence-corrected chi connectivity index (χ0v) is 13.3. The van der Waals surface area contributed by atoms with E-state index in [2.05, 4.69) is 0 Å². The zero-order chi connectivity index (χ0) is 15.1. The van der Waals surface area contributed by atoms with Crippen LogP contribution in [0.5, 0.6) is 0 Å². The van der Waals surface area contributed by atoms with E-state index in [1.807, 2.05) is 33.8 Å². The van der Waals surface area contributed by atoms with Gasteiger partial charge in [0.2, 0.25) is 0 Å². The number of furan rings is 1. The third kappa shape index (κ3) is 3.00. The van der Waals surface area contributed by atoms with E-state index in [0.29, 0.717) is 11.3 Å². The molecule has 0 bridgehead atoms. The summed E-state index contributed by atoms with van der Waals surface area (Å²) >= 11 is -1.14. The summed E-state index contributed by atoms with van der Waals surface area (Å²) in [6.45, 7) is 7.72. The number of hydrogen-bond donors (Lipinski definition) is 0. The normalized spacial score (nSPS) is 15.8. The quantitative estimate of drug-likeness (QED) is 0.803. The molecule has 0 saturated carbocycles. The van der Waals surface area contributed by atoms with Crippen molar-refractivity contribution in [1.82, 2.24) is 4.31 Å². The van der Waals surface area contributed by atoms with Gasteiger partial charge in [-0.15, -0.1) is 4.31 Å². The Morgan fingerprint density at radius 1 is 1.30 bits per heavy atom. The predicted molar refractivity (Wildman–Crippen MR) is 80.2 cm³/mol. The van der Waals surface area contributed by atoms with Crippen LogP contribution < -0.4 is 0 Å². The average Bonchev–Trinajstić information content (AvgIpc) is 2.77. The van der Waals surface area contributed by atoms with Gasteiger partial charge in [-0.2, -0.15) is 0 Å². The molecule has 20 heavy (non-hydrogen) atoms. The average molecular weight is 297 g/mol. The SMILES string of the molecule is C[C@H](c1cc2ccc(F)cc2o1)N(C)[S+]([O-])C(C)(C)C. The Hall–Kier alpha value is -1.04. The predicted octanol–water partition coefficient (Wildman–Crippen LogP) is 4.03. The summed E-state index contributed by atoms with van der Waals surface area (Å²) in [5.74, 6) is 0.364. The van der Waals surface area contributed by atoms with Crippen molar-refractivity contribution in [2.45, 2.75) is 38.5 Å². The van der Waals surface area contributed by atoms with Gasteiger partial charge in [0.15, 0.2) is 0 Å². The maximum absolute atomic E-state index is 13.2. The molecule has 3 nitrogen and oxygen atoms in total. The number of hydrogen-bond acceptors (Lipinski definition) is 3. The van der Waals surface area contributed by atoms with E-state index in [4.69, 9.17) is 4.42 Å². The van der Waals surface area contributed by atoms with Crippen molar-refractivity contribution >= 4 is 22.3 Å². The van der Waals surface area contributed by atoms with Crippen molar-refractivity contribution in [3.8, 4) is 0 Å².